The van der Waals surface area contributed by atoms with E-state index in [1.165, 1.54) is 0 Å². The number of aromatic hydroxyl groups is 1. The Labute approximate surface area is 152 Å². The second kappa shape index (κ2) is 8.12. The van der Waals surface area contributed by atoms with Crippen molar-refractivity contribution in [2.24, 2.45) is 10.9 Å². The average Bonchev–Trinajstić information content (AvgIpc) is 2.66. The molecule has 0 fully saturated rings. The van der Waals surface area contributed by atoms with Gasteiger partial charge in [-0.2, -0.15) is 0 Å². The van der Waals surface area contributed by atoms with Crippen LogP contribution >= 0.6 is 0 Å². The number of aliphatic hydroxyl groups excluding tert-OH is 1. The topological polar surface area (TPSA) is 91.2 Å². The van der Waals surface area contributed by atoms with Crippen molar-refractivity contribution in [3.63, 3.8) is 0 Å². The lowest BCUT2D eigenvalue weighted by Gasteiger charge is -2.33. The third-order valence-corrected chi connectivity index (χ3v) is 4.38. The number of esters is 1. The van der Waals surface area contributed by atoms with Crippen LogP contribution in [0.2, 0.25) is 0 Å². The van der Waals surface area contributed by atoms with Crippen LogP contribution in [0, 0.1) is 5.92 Å². The molecule has 6 nitrogen and oxygen atoms in total. The maximum absolute atomic E-state index is 12.8. The Morgan fingerprint density at radius 3 is 2.65 bits per heavy atom. The van der Waals surface area contributed by atoms with Crippen LogP contribution in [0.25, 0.3) is 0 Å². The Kier molecular flexibility index (Phi) is 5.65. The molecule has 2 aromatic rings. The maximum Gasteiger partial charge on any atom is 0.316 e. The molecule has 6 heteroatoms. The van der Waals surface area contributed by atoms with Gasteiger partial charge in [0.25, 0.3) is 0 Å². The van der Waals surface area contributed by atoms with E-state index in [1.54, 1.807) is 24.3 Å². The van der Waals surface area contributed by atoms with Gasteiger partial charge in [-0.3, -0.25) is 10.1 Å². The van der Waals surface area contributed by atoms with Crippen LogP contribution < -0.4 is 5.32 Å². The van der Waals surface area contributed by atoms with Crippen LogP contribution in [0.4, 0.5) is 0 Å². The number of phenolic OH excluding ortho intramolecular Hbond substituents is 1. The minimum absolute atomic E-state index is 0.0933. The molecule has 3 atom stereocenters. The summed E-state index contributed by atoms with van der Waals surface area (Å²) in [5.74, 6) is -0.994. The van der Waals surface area contributed by atoms with Crippen molar-refractivity contribution >= 4 is 11.7 Å². The summed E-state index contributed by atoms with van der Waals surface area (Å²) in [6.07, 6.45) is -0.588. The number of rotatable bonds is 5. The predicted molar refractivity (Wildman–Crippen MR) is 97.4 cm³/mol. The molecule has 0 bridgehead atoms. The Bertz CT molecular complexity index is 791. The predicted octanol–water partition coefficient (Wildman–Crippen LogP) is 2.52. The van der Waals surface area contributed by atoms with Crippen molar-refractivity contribution in [2.45, 2.75) is 32.3 Å². The molecule has 1 heterocycles. The fraction of sp³-hybridized carbons (Fsp3) is 0.300. The molecule has 0 aliphatic carbocycles. The molecule has 0 amide bonds. The highest BCUT2D eigenvalue weighted by Gasteiger charge is 2.39. The second-order valence-corrected chi connectivity index (χ2v) is 6.16. The first-order valence-corrected chi connectivity index (χ1v) is 8.58. The van der Waals surface area contributed by atoms with Gasteiger partial charge in [-0.15, -0.1) is 0 Å². The van der Waals surface area contributed by atoms with Crippen LogP contribution in [-0.2, 0) is 16.1 Å². The van der Waals surface area contributed by atoms with Crippen molar-refractivity contribution in [2.75, 3.05) is 0 Å². The van der Waals surface area contributed by atoms with Crippen molar-refractivity contribution in [3.05, 3.63) is 65.7 Å². The first kappa shape index (κ1) is 18.1. The average molecular weight is 354 g/mol. The first-order valence-electron chi connectivity index (χ1n) is 8.58. The summed E-state index contributed by atoms with van der Waals surface area (Å²) in [4.78, 5) is 17.0. The zero-order valence-electron chi connectivity index (χ0n) is 14.5. The molecule has 136 valence electrons. The van der Waals surface area contributed by atoms with Gasteiger partial charge in [0.15, 0.2) is 0 Å². The number of aliphatic imine (C=N–C) groups is 1. The number of ether oxygens (including phenoxy) is 1. The van der Waals surface area contributed by atoms with Gasteiger partial charge in [0.1, 0.15) is 18.3 Å². The van der Waals surface area contributed by atoms with E-state index in [0.29, 0.717) is 17.7 Å². The Morgan fingerprint density at radius 2 is 1.96 bits per heavy atom. The van der Waals surface area contributed by atoms with Gasteiger partial charge in [-0.1, -0.05) is 49.4 Å². The number of hydrogen-bond acceptors (Lipinski definition) is 6. The first-order chi connectivity index (χ1) is 12.6. The summed E-state index contributed by atoms with van der Waals surface area (Å²) in [6.45, 7) is 2.05. The highest BCUT2D eigenvalue weighted by Crippen LogP contribution is 2.31. The summed E-state index contributed by atoms with van der Waals surface area (Å²) in [6, 6.07) is 15.5. The van der Waals surface area contributed by atoms with E-state index in [9.17, 15) is 15.0 Å². The van der Waals surface area contributed by atoms with Crippen LogP contribution in [-0.4, -0.2) is 28.2 Å². The lowest BCUT2D eigenvalue weighted by Crippen LogP contribution is -2.47. The smallest absolute Gasteiger partial charge is 0.316 e. The maximum atomic E-state index is 12.8. The summed E-state index contributed by atoms with van der Waals surface area (Å²) < 4.78 is 5.51. The number of hydrogen-bond donors (Lipinski definition) is 3. The minimum atomic E-state index is -1.10. The third kappa shape index (κ3) is 4.09. The molecule has 1 aliphatic heterocycles. The van der Waals surface area contributed by atoms with E-state index >= 15 is 0 Å². The minimum Gasteiger partial charge on any atom is -0.508 e. The fourth-order valence-electron chi connectivity index (χ4n) is 3.13. The number of aliphatic hydroxyl groups is 1. The highest BCUT2D eigenvalue weighted by atomic mass is 16.5. The molecule has 2 aromatic carbocycles. The zero-order chi connectivity index (χ0) is 18.5. The van der Waals surface area contributed by atoms with Crippen LogP contribution in [0.5, 0.6) is 5.75 Å². The van der Waals surface area contributed by atoms with Gasteiger partial charge in [0.05, 0.1) is 6.04 Å². The van der Waals surface area contributed by atoms with Gasteiger partial charge in [0.2, 0.25) is 6.35 Å². The van der Waals surface area contributed by atoms with Gasteiger partial charge in [-0.05, 0) is 29.7 Å². The van der Waals surface area contributed by atoms with Gasteiger partial charge in [-0.25, -0.2) is 4.99 Å². The number of nitrogens with one attached hydrogen (secondary N) is 1. The monoisotopic (exact) mass is 354 g/mol. The Hall–Kier alpha value is -2.70. The number of nitrogens with zero attached hydrogens (tertiary/aromatic N) is 1. The molecule has 3 N–H and O–H groups in total. The van der Waals surface area contributed by atoms with E-state index < -0.39 is 24.3 Å². The van der Waals surface area contributed by atoms with Gasteiger partial charge >= 0.3 is 5.97 Å². The summed E-state index contributed by atoms with van der Waals surface area (Å²) >= 11 is 0. The van der Waals surface area contributed by atoms with Gasteiger partial charge in [0, 0.05) is 5.71 Å². The quantitative estimate of drug-likeness (QED) is 0.718. The summed E-state index contributed by atoms with van der Waals surface area (Å²) in [7, 11) is 0. The van der Waals surface area contributed by atoms with Gasteiger partial charge < -0.3 is 14.9 Å². The summed E-state index contributed by atoms with van der Waals surface area (Å²) in [5, 5.41) is 22.7. The largest absolute Gasteiger partial charge is 0.508 e. The molecule has 0 radical (unpaired) electrons. The number of carbonyl (C=O) groups is 1. The van der Waals surface area contributed by atoms with Crippen LogP contribution in [0.3, 0.4) is 0 Å². The lowest BCUT2D eigenvalue weighted by atomic mass is 9.86. The number of carbonyl (C=O) groups excluding carboxylic acids is 1. The van der Waals surface area contributed by atoms with E-state index in [1.807, 2.05) is 37.3 Å². The van der Waals surface area contributed by atoms with Crippen molar-refractivity contribution < 1.29 is 19.7 Å². The second-order valence-electron chi connectivity index (χ2n) is 6.16. The molecule has 1 aliphatic rings. The molecule has 0 saturated heterocycles. The molecule has 0 saturated carbocycles. The fourth-order valence-corrected chi connectivity index (χ4v) is 3.13. The van der Waals surface area contributed by atoms with E-state index in [0.717, 1.165) is 5.56 Å². The molecule has 0 aromatic heterocycles. The van der Waals surface area contributed by atoms with Crippen molar-refractivity contribution in [1.29, 1.82) is 0 Å². The Morgan fingerprint density at radius 1 is 1.19 bits per heavy atom. The third-order valence-electron chi connectivity index (χ3n) is 4.38. The number of benzene rings is 2. The zero-order valence-corrected chi connectivity index (χ0v) is 14.5. The van der Waals surface area contributed by atoms with Crippen molar-refractivity contribution in [3.8, 4) is 5.75 Å². The highest BCUT2D eigenvalue weighted by molar-refractivity contribution is 6.03. The number of phenols is 1. The normalized spacial score (nSPS) is 22.5. The van der Waals surface area contributed by atoms with E-state index in [2.05, 4.69) is 10.3 Å². The van der Waals surface area contributed by atoms with E-state index in [-0.39, 0.29) is 12.4 Å². The molecular weight excluding hydrogens is 332 g/mol. The molecule has 3 rings (SSSR count). The molecule has 26 heavy (non-hydrogen) atoms. The molecule has 3 unspecified atom stereocenters. The molecular formula is C20H22N2O4. The Balaban J connectivity index is 1.85. The van der Waals surface area contributed by atoms with Crippen LogP contribution in [0.15, 0.2) is 59.6 Å². The van der Waals surface area contributed by atoms with Crippen molar-refractivity contribution in [1.82, 2.24) is 5.32 Å². The molecule has 0 spiro atoms. The summed E-state index contributed by atoms with van der Waals surface area (Å²) in [5.41, 5.74) is 2.16. The SMILES string of the molecule is CCC1=NC(O)NC(c2cccc(O)c2)C1C(=O)OCc1ccccc1. The lowest BCUT2D eigenvalue weighted by molar-refractivity contribution is -0.149. The van der Waals surface area contributed by atoms with Crippen LogP contribution in [0.1, 0.15) is 30.5 Å². The standard InChI is InChI=1S/C20H22N2O4/c1-2-16-17(19(24)26-12-13-7-4-3-5-8-13)18(22-20(25)21-16)14-9-6-10-15(23)11-14/h3-11,17-18,20,22-23,25H,2,12H2,1H3. The van der Waals surface area contributed by atoms with E-state index in [4.69, 9.17) is 4.74 Å².